The van der Waals surface area contributed by atoms with E-state index in [2.05, 4.69) is 4.98 Å². The molecule has 5 nitrogen and oxygen atoms in total. The summed E-state index contributed by atoms with van der Waals surface area (Å²) in [6.07, 6.45) is 2.33. The van der Waals surface area contributed by atoms with Gasteiger partial charge in [-0.05, 0) is 41.8 Å². The van der Waals surface area contributed by atoms with Crippen molar-refractivity contribution >= 4 is 33.5 Å². The lowest BCUT2D eigenvalue weighted by Crippen LogP contribution is -2.21. The lowest BCUT2D eigenvalue weighted by atomic mass is 10.1. The average molecular weight is 367 g/mol. The van der Waals surface area contributed by atoms with E-state index in [1.54, 1.807) is 18.2 Å². The summed E-state index contributed by atoms with van der Waals surface area (Å²) >= 11 is 6.00. The van der Waals surface area contributed by atoms with Crippen LogP contribution in [0.5, 0.6) is 0 Å². The van der Waals surface area contributed by atoms with Crippen molar-refractivity contribution in [3.05, 3.63) is 85.7 Å². The molecule has 2 heterocycles. The fourth-order valence-electron chi connectivity index (χ4n) is 3.05. The molecule has 0 amide bonds. The maximum Gasteiger partial charge on any atom is 0.336 e. The van der Waals surface area contributed by atoms with Crippen molar-refractivity contribution in [2.45, 2.75) is 19.9 Å². The molecule has 2 aromatic heterocycles. The van der Waals surface area contributed by atoms with Crippen LogP contribution in [0.25, 0.3) is 21.9 Å². The van der Waals surface area contributed by atoms with Crippen LogP contribution in [0.2, 0.25) is 5.02 Å². The number of fused-ring (bicyclic) bond motifs is 2. The van der Waals surface area contributed by atoms with Crippen LogP contribution in [0.1, 0.15) is 18.1 Å². The van der Waals surface area contributed by atoms with E-state index < -0.39 is 5.63 Å². The van der Waals surface area contributed by atoms with Crippen molar-refractivity contribution in [2.75, 3.05) is 0 Å². The monoisotopic (exact) mass is 366 g/mol. The molecule has 0 aliphatic rings. The van der Waals surface area contributed by atoms with Crippen LogP contribution in [0.4, 0.5) is 0 Å². The van der Waals surface area contributed by atoms with Gasteiger partial charge in [-0.1, -0.05) is 30.7 Å². The Morgan fingerprint density at radius 3 is 2.73 bits per heavy atom. The molecule has 26 heavy (non-hydrogen) atoms. The molecule has 0 atom stereocenters. The highest BCUT2D eigenvalue weighted by Gasteiger charge is 2.10. The van der Waals surface area contributed by atoms with Crippen molar-refractivity contribution in [3.63, 3.8) is 0 Å². The Balaban J connectivity index is 1.87. The van der Waals surface area contributed by atoms with Gasteiger partial charge in [0.1, 0.15) is 5.58 Å². The zero-order valence-corrected chi connectivity index (χ0v) is 14.8. The molecular weight excluding hydrogens is 352 g/mol. The largest absolute Gasteiger partial charge is 0.423 e. The first-order chi connectivity index (χ1) is 12.5. The van der Waals surface area contributed by atoms with Crippen molar-refractivity contribution in [1.29, 1.82) is 0 Å². The number of halogens is 1. The van der Waals surface area contributed by atoms with Gasteiger partial charge >= 0.3 is 5.63 Å². The molecule has 4 rings (SSSR count). The van der Waals surface area contributed by atoms with Gasteiger partial charge in [-0.25, -0.2) is 9.78 Å². The third-order valence-electron chi connectivity index (χ3n) is 4.43. The van der Waals surface area contributed by atoms with Gasteiger partial charge in [-0.2, -0.15) is 0 Å². The highest BCUT2D eigenvalue weighted by atomic mass is 35.5. The summed E-state index contributed by atoms with van der Waals surface area (Å²) in [6.45, 7) is 2.26. The molecule has 0 radical (unpaired) electrons. The van der Waals surface area contributed by atoms with Gasteiger partial charge in [0.15, 0.2) is 0 Å². The molecule has 0 aliphatic carbocycles. The predicted molar refractivity (Wildman–Crippen MR) is 102 cm³/mol. The minimum absolute atomic E-state index is 0.205. The van der Waals surface area contributed by atoms with Crippen LogP contribution in [0, 0.1) is 0 Å². The fourth-order valence-corrected chi connectivity index (χ4v) is 3.22. The van der Waals surface area contributed by atoms with E-state index in [1.807, 2.05) is 25.1 Å². The van der Waals surface area contributed by atoms with E-state index in [9.17, 15) is 9.59 Å². The summed E-state index contributed by atoms with van der Waals surface area (Å²) in [5.74, 6) is 0. The summed E-state index contributed by atoms with van der Waals surface area (Å²) < 4.78 is 6.80. The van der Waals surface area contributed by atoms with Gasteiger partial charge in [0, 0.05) is 16.5 Å². The predicted octanol–water partition coefficient (Wildman–Crippen LogP) is 3.77. The van der Waals surface area contributed by atoms with Gasteiger partial charge in [0.25, 0.3) is 5.56 Å². The van der Waals surface area contributed by atoms with Crippen LogP contribution < -0.4 is 11.2 Å². The zero-order chi connectivity index (χ0) is 18.3. The van der Waals surface area contributed by atoms with Crippen molar-refractivity contribution in [1.82, 2.24) is 9.55 Å². The second-order valence-corrected chi connectivity index (χ2v) is 6.55. The fraction of sp³-hybridized carbons (Fsp3) is 0.150. The molecule has 2 aromatic carbocycles. The number of hydrogen-bond donors (Lipinski definition) is 0. The van der Waals surface area contributed by atoms with E-state index in [0.29, 0.717) is 27.1 Å². The van der Waals surface area contributed by atoms with Crippen molar-refractivity contribution in [2.24, 2.45) is 0 Å². The smallest absolute Gasteiger partial charge is 0.336 e. The Hall–Kier alpha value is -2.92. The van der Waals surface area contributed by atoms with Gasteiger partial charge < -0.3 is 4.42 Å². The Kier molecular flexibility index (Phi) is 4.09. The van der Waals surface area contributed by atoms with Gasteiger partial charge in [-0.15, -0.1) is 0 Å². The highest BCUT2D eigenvalue weighted by Crippen LogP contribution is 2.20. The number of benzene rings is 2. The number of hydrogen-bond acceptors (Lipinski definition) is 4. The van der Waals surface area contributed by atoms with Gasteiger partial charge in [0.2, 0.25) is 0 Å². The van der Waals surface area contributed by atoms with E-state index in [4.69, 9.17) is 16.0 Å². The first kappa shape index (κ1) is 16.5. The first-order valence-corrected chi connectivity index (χ1v) is 8.63. The first-order valence-electron chi connectivity index (χ1n) is 8.25. The topological polar surface area (TPSA) is 65.1 Å². The highest BCUT2D eigenvalue weighted by molar-refractivity contribution is 6.31. The Morgan fingerprint density at radius 2 is 1.92 bits per heavy atom. The Bertz CT molecular complexity index is 1260. The molecule has 6 heteroatoms. The zero-order valence-electron chi connectivity index (χ0n) is 14.0. The van der Waals surface area contributed by atoms with Crippen molar-refractivity contribution < 1.29 is 4.42 Å². The van der Waals surface area contributed by atoms with Crippen LogP contribution >= 0.6 is 11.6 Å². The van der Waals surface area contributed by atoms with Crippen LogP contribution in [-0.4, -0.2) is 9.55 Å². The molecule has 0 bridgehead atoms. The minimum atomic E-state index is -0.439. The second kappa shape index (κ2) is 6.42. The lowest BCUT2D eigenvalue weighted by molar-refractivity contribution is 0.557. The van der Waals surface area contributed by atoms with Crippen LogP contribution in [-0.2, 0) is 13.0 Å². The van der Waals surface area contributed by atoms with Crippen molar-refractivity contribution in [3.8, 4) is 0 Å². The third-order valence-corrected chi connectivity index (χ3v) is 4.66. The lowest BCUT2D eigenvalue weighted by Gasteiger charge is -2.09. The number of aromatic nitrogens is 2. The van der Waals surface area contributed by atoms with Gasteiger partial charge in [0.05, 0.1) is 23.8 Å². The summed E-state index contributed by atoms with van der Waals surface area (Å²) in [6, 6.07) is 12.2. The van der Waals surface area contributed by atoms with E-state index in [0.717, 1.165) is 17.4 Å². The summed E-state index contributed by atoms with van der Waals surface area (Å²) in [4.78, 5) is 29.0. The molecule has 130 valence electrons. The normalized spacial score (nSPS) is 11.3. The number of rotatable bonds is 3. The molecule has 0 unspecified atom stereocenters. The molecule has 0 saturated heterocycles. The third kappa shape index (κ3) is 2.91. The minimum Gasteiger partial charge on any atom is -0.423 e. The summed E-state index contributed by atoms with van der Waals surface area (Å²) in [5.41, 5.74) is 2.26. The van der Waals surface area contributed by atoms with E-state index in [-0.39, 0.29) is 12.1 Å². The second-order valence-electron chi connectivity index (χ2n) is 6.11. The SMILES string of the molecule is CCc1ccc2c(Cn3cnc4ccc(Cl)cc4c3=O)cc(=O)oc2c1. The molecule has 0 saturated carbocycles. The molecule has 0 aliphatic heterocycles. The van der Waals surface area contributed by atoms with Crippen LogP contribution in [0.15, 0.2) is 62.8 Å². The van der Waals surface area contributed by atoms with E-state index >= 15 is 0 Å². The summed E-state index contributed by atoms with van der Waals surface area (Å²) in [7, 11) is 0. The molecule has 0 spiro atoms. The molecular formula is C20H15ClN2O3. The molecule has 0 N–H and O–H groups in total. The number of aryl methyl sites for hydroxylation is 1. The van der Waals surface area contributed by atoms with Gasteiger partial charge in [-0.3, -0.25) is 9.36 Å². The van der Waals surface area contributed by atoms with Crippen LogP contribution in [0.3, 0.4) is 0 Å². The maximum absolute atomic E-state index is 12.8. The molecule has 4 aromatic rings. The summed E-state index contributed by atoms with van der Waals surface area (Å²) in [5, 5.41) is 1.73. The quantitative estimate of drug-likeness (QED) is 0.518. The maximum atomic E-state index is 12.8. The Morgan fingerprint density at radius 1 is 1.08 bits per heavy atom. The average Bonchev–Trinajstić information content (AvgIpc) is 2.63. The standard InChI is InChI=1S/C20H15ClN2O3/c1-2-12-3-5-15-13(8-19(24)26-18(15)7-12)10-23-11-22-17-6-4-14(21)9-16(17)20(23)25/h3-9,11H,2,10H2,1H3. The molecule has 0 fully saturated rings. The number of nitrogens with zero attached hydrogens (tertiary/aromatic N) is 2. The Labute approximate surface area is 153 Å². The van der Waals surface area contributed by atoms with E-state index in [1.165, 1.54) is 17.0 Å².